The van der Waals surface area contributed by atoms with E-state index in [9.17, 15) is 15.0 Å². The molecule has 4 rings (SSSR count). The number of hydrogen-bond acceptors (Lipinski definition) is 7. The summed E-state index contributed by atoms with van der Waals surface area (Å²) in [5.74, 6) is 0. The predicted octanol–water partition coefficient (Wildman–Crippen LogP) is -1.71. The lowest BCUT2D eigenvalue weighted by Crippen LogP contribution is -2.38. The Morgan fingerprint density at radius 1 is 1.38 bits per heavy atom. The molecule has 1 saturated heterocycles. The van der Waals surface area contributed by atoms with Gasteiger partial charge in [0.1, 0.15) is 18.3 Å². The van der Waals surface area contributed by atoms with Crippen LogP contribution in [0.4, 0.5) is 5.69 Å². The van der Waals surface area contributed by atoms with E-state index in [1.807, 2.05) is 14.1 Å². The quantitative estimate of drug-likeness (QED) is 0.645. The Morgan fingerprint density at radius 3 is 2.86 bits per heavy atom. The van der Waals surface area contributed by atoms with Crippen molar-refractivity contribution in [2.75, 3.05) is 19.0 Å². The number of nitrogens with zero attached hydrogens (tertiary/aromatic N) is 5. The van der Waals surface area contributed by atoms with Crippen LogP contribution in [0.2, 0.25) is 0 Å². The summed E-state index contributed by atoms with van der Waals surface area (Å²) in [7, 11) is 3.64. The number of aliphatic hydroxyl groups excluding tert-OH is 2. The van der Waals surface area contributed by atoms with Crippen molar-refractivity contribution in [1.82, 2.24) is 19.6 Å². The Hall–Kier alpha value is -1.97. The summed E-state index contributed by atoms with van der Waals surface area (Å²) in [5.41, 5.74) is 1.40. The molecule has 0 aliphatic carbocycles. The van der Waals surface area contributed by atoms with Crippen LogP contribution in [0.5, 0.6) is 0 Å². The molecule has 2 bridgehead atoms. The fraction of sp³-hybridized carbons (Fsp3) is 0.583. The van der Waals surface area contributed by atoms with Crippen LogP contribution in [-0.2, 0) is 11.3 Å². The Morgan fingerprint density at radius 2 is 2.14 bits per heavy atom. The number of aliphatic hydroxyl groups is 2. The Bertz CT molecular complexity index is 782. The highest BCUT2D eigenvalue weighted by Gasteiger charge is 2.47. The second-order valence-electron chi connectivity index (χ2n) is 5.62. The van der Waals surface area contributed by atoms with Gasteiger partial charge in [-0.05, 0) is 0 Å². The van der Waals surface area contributed by atoms with Crippen LogP contribution in [0.3, 0.4) is 0 Å². The van der Waals surface area contributed by atoms with Crippen molar-refractivity contribution >= 4 is 16.9 Å². The maximum absolute atomic E-state index is 12.5. The summed E-state index contributed by atoms with van der Waals surface area (Å²) in [6, 6.07) is 1.43. The van der Waals surface area contributed by atoms with Crippen molar-refractivity contribution < 1.29 is 14.9 Å². The summed E-state index contributed by atoms with van der Waals surface area (Å²) in [6.07, 6.45) is -3.74. The zero-order valence-corrected chi connectivity index (χ0v) is 11.5. The maximum Gasteiger partial charge on any atom is 0.256 e. The van der Waals surface area contributed by atoms with Crippen LogP contribution < -0.4 is 10.5 Å². The molecule has 0 saturated carbocycles. The summed E-state index contributed by atoms with van der Waals surface area (Å²) in [6.45, 7) is 0.238. The number of ether oxygens (including phenoxy) is 1. The molecular weight excluding hydrogens is 278 g/mol. The summed E-state index contributed by atoms with van der Waals surface area (Å²) >= 11 is 0. The summed E-state index contributed by atoms with van der Waals surface area (Å²) < 4.78 is 8.49. The topological polar surface area (TPSA) is 106 Å². The van der Waals surface area contributed by atoms with E-state index in [4.69, 9.17) is 4.74 Å². The monoisotopic (exact) mass is 293 g/mol. The third-order valence-electron chi connectivity index (χ3n) is 4.10. The first-order valence-corrected chi connectivity index (χ1v) is 6.66. The zero-order chi connectivity index (χ0) is 14.9. The molecule has 4 atom stereocenters. The lowest BCUT2D eigenvalue weighted by Gasteiger charge is -2.21. The van der Waals surface area contributed by atoms with Crippen molar-refractivity contribution in [2.45, 2.75) is 31.1 Å². The van der Waals surface area contributed by atoms with Gasteiger partial charge in [-0.1, -0.05) is 5.21 Å². The van der Waals surface area contributed by atoms with Gasteiger partial charge in [0, 0.05) is 20.2 Å². The van der Waals surface area contributed by atoms with Crippen molar-refractivity contribution in [2.24, 2.45) is 0 Å². The summed E-state index contributed by atoms with van der Waals surface area (Å²) in [5, 5.41) is 28.3. The van der Waals surface area contributed by atoms with E-state index in [1.54, 1.807) is 9.58 Å². The minimum Gasteiger partial charge on any atom is -0.387 e. The van der Waals surface area contributed by atoms with Crippen LogP contribution in [0, 0.1) is 0 Å². The number of aromatic nitrogens is 4. The van der Waals surface area contributed by atoms with Crippen LogP contribution in [0.1, 0.15) is 6.23 Å². The highest BCUT2D eigenvalue weighted by Crippen LogP contribution is 2.35. The van der Waals surface area contributed by atoms with Gasteiger partial charge in [0.25, 0.3) is 5.56 Å². The second kappa shape index (κ2) is 4.03. The lowest BCUT2D eigenvalue weighted by molar-refractivity contribution is -0.0351. The molecule has 2 aliphatic heterocycles. The maximum atomic E-state index is 12.5. The second-order valence-corrected chi connectivity index (χ2v) is 5.62. The first-order chi connectivity index (χ1) is 9.99. The first-order valence-electron chi connectivity index (χ1n) is 6.66. The van der Waals surface area contributed by atoms with E-state index in [-0.39, 0.29) is 12.1 Å². The molecule has 9 heteroatoms. The van der Waals surface area contributed by atoms with Gasteiger partial charge >= 0.3 is 0 Å². The Balaban J connectivity index is 2.07. The first kappa shape index (κ1) is 12.7. The van der Waals surface area contributed by atoms with Crippen molar-refractivity contribution in [3.63, 3.8) is 0 Å². The molecule has 21 heavy (non-hydrogen) atoms. The average Bonchev–Trinajstić information content (AvgIpc) is 2.89. The molecule has 0 radical (unpaired) electrons. The van der Waals surface area contributed by atoms with E-state index >= 15 is 0 Å². The largest absolute Gasteiger partial charge is 0.387 e. The van der Waals surface area contributed by atoms with Gasteiger partial charge in [-0.2, -0.15) is 0 Å². The van der Waals surface area contributed by atoms with Gasteiger partial charge in [-0.25, -0.2) is 4.68 Å². The predicted molar refractivity (Wildman–Crippen MR) is 72.0 cm³/mol. The van der Waals surface area contributed by atoms with Gasteiger partial charge < -0.3 is 19.8 Å². The van der Waals surface area contributed by atoms with Gasteiger partial charge in [0.05, 0.1) is 12.2 Å². The zero-order valence-electron chi connectivity index (χ0n) is 11.5. The van der Waals surface area contributed by atoms with Crippen LogP contribution >= 0.6 is 0 Å². The minimum atomic E-state index is -1.15. The molecule has 0 aromatic carbocycles. The van der Waals surface area contributed by atoms with Gasteiger partial charge in [-0.15, -0.1) is 5.10 Å². The van der Waals surface area contributed by atoms with Gasteiger partial charge in [0.15, 0.2) is 17.4 Å². The Kier molecular flexibility index (Phi) is 2.44. The highest BCUT2D eigenvalue weighted by atomic mass is 16.6. The van der Waals surface area contributed by atoms with E-state index < -0.39 is 24.5 Å². The number of anilines is 1. The number of rotatable bonds is 1. The van der Waals surface area contributed by atoms with Crippen LogP contribution in [0.15, 0.2) is 10.9 Å². The van der Waals surface area contributed by atoms with Crippen LogP contribution in [0.25, 0.3) is 11.2 Å². The van der Waals surface area contributed by atoms with E-state index in [0.717, 1.165) is 0 Å². The molecule has 9 nitrogen and oxygen atoms in total. The molecule has 0 spiro atoms. The van der Waals surface area contributed by atoms with E-state index in [1.165, 1.54) is 10.6 Å². The third-order valence-corrected chi connectivity index (χ3v) is 4.10. The Labute approximate surface area is 119 Å². The van der Waals surface area contributed by atoms with Crippen molar-refractivity contribution in [3.05, 3.63) is 16.4 Å². The number of hydrogen-bond donors (Lipinski definition) is 2. The molecule has 112 valence electrons. The van der Waals surface area contributed by atoms with Gasteiger partial charge in [-0.3, -0.25) is 9.36 Å². The van der Waals surface area contributed by atoms with Gasteiger partial charge in [0.2, 0.25) is 0 Å². The average molecular weight is 293 g/mol. The normalized spacial score (nSPS) is 30.7. The molecule has 1 fully saturated rings. The minimum absolute atomic E-state index is 0.238. The van der Waals surface area contributed by atoms with Crippen molar-refractivity contribution in [1.29, 1.82) is 0 Å². The third kappa shape index (κ3) is 1.53. The molecule has 2 aromatic rings. The molecule has 2 aromatic heterocycles. The SMILES string of the molecule is CN(C)c1cc(=O)n2c3c1nnn3C[C@H]1O[C@@H]2[C@H](O)[C@@H]1O. The lowest BCUT2D eigenvalue weighted by atomic mass is 10.1. The molecule has 4 heterocycles. The van der Waals surface area contributed by atoms with Crippen LogP contribution in [-0.4, -0.2) is 62.2 Å². The molecule has 2 N–H and O–H groups in total. The van der Waals surface area contributed by atoms with E-state index in [0.29, 0.717) is 16.9 Å². The highest BCUT2D eigenvalue weighted by molar-refractivity contribution is 5.85. The molecular formula is C12H15N5O4. The fourth-order valence-corrected chi connectivity index (χ4v) is 3.05. The van der Waals surface area contributed by atoms with Crippen molar-refractivity contribution in [3.8, 4) is 0 Å². The molecule has 0 unspecified atom stereocenters. The smallest absolute Gasteiger partial charge is 0.256 e. The van der Waals surface area contributed by atoms with E-state index in [2.05, 4.69) is 10.3 Å². The molecule has 0 amide bonds. The number of pyridine rings is 1. The summed E-state index contributed by atoms with van der Waals surface area (Å²) in [4.78, 5) is 14.2. The number of fused-ring (bicyclic) bond motifs is 3. The standard InChI is InChI=1S/C12H15N5O4/c1-15(2)5-3-7(18)17-11-8(5)13-14-16(11)4-6-9(19)10(20)12(17)21-6/h3,6,9-10,12,19-20H,4H2,1-2H3/t6-,9-,10-,12-/m1/s1. The fourth-order valence-electron chi connectivity index (χ4n) is 3.05. The molecule has 2 aliphatic rings.